The normalized spacial score (nSPS) is 16.1. The average Bonchev–Trinajstić information content (AvgIpc) is 2.46. The van der Waals surface area contributed by atoms with E-state index in [2.05, 4.69) is 4.98 Å². The summed E-state index contributed by atoms with van der Waals surface area (Å²) in [6.07, 6.45) is 6.52. The van der Waals surface area contributed by atoms with Crippen LogP contribution in [0.4, 0.5) is 0 Å². The van der Waals surface area contributed by atoms with Crippen molar-refractivity contribution in [3.63, 3.8) is 0 Å². The summed E-state index contributed by atoms with van der Waals surface area (Å²) in [6, 6.07) is 3.84. The number of likely N-dealkylation sites (tertiary alicyclic amines) is 1. The number of carboxylic acids is 1. The topological polar surface area (TPSA) is 70.5 Å². The number of carbonyl (C=O) groups excluding carboxylic acids is 1. The molecule has 1 N–H and O–H groups in total. The molecule has 1 aromatic rings. The lowest BCUT2D eigenvalue weighted by Gasteiger charge is -2.31. The van der Waals surface area contributed by atoms with Gasteiger partial charge in [0.25, 0.3) is 0 Å². The summed E-state index contributed by atoms with van der Waals surface area (Å²) in [7, 11) is 0. The van der Waals surface area contributed by atoms with E-state index in [0.29, 0.717) is 25.9 Å². The lowest BCUT2D eigenvalue weighted by molar-refractivity contribution is -0.138. The SMILES string of the molecule is O=C(O)CC1CCN(C(=O)CCc2cccnc2)CC1. The first-order valence-electron chi connectivity index (χ1n) is 7.03. The molecule has 0 radical (unpaired) electrons. The van der Waals surface area contributed by atoms with Gasteiger partial charge in [0.1, 0.15) is 0 Å². The van der Waals surface area contributed by atoms with Crippen LogP contribution in [-0.4, -0.2) is 40.0 Å². The molecule has 5 heteroatoms. The fourth-order valence-corrected chi connectivity index (χ4v) is 2.59. The minimum absolute atomic E-state index is 0.155. The van der Waals surface area contributed by atoms with Crippen molar-refractivity contribution in [1.82, 2.24) is 9.88 Å². The lowest BCUT2D eigenvalue weighted by Crippen LogP contribution is -2.39. The van der Waals surface area contributed by atoms with E-state index in [4.69, 9.17) is 5.11 Å². The van der Waals surface area contributed by atoms with Crippen molar-refractivity contribution in [3.05, 3.63) is 30.1 Å². The summed E-state index contributed by atoms with van der Waals surface area (Å²) in [5.74, 6) is -0.371. The lowest BCUT2D eigenvalue weighted by atomic mass is 9.93. The van der Waals surface area contributed by atoms with Gasteiger partial charge in [0.05, 0.1) is 0 Å². The van der Waals surface area contributed by atoms with Crippen molar-refractivity contribution in [2.24, 2.45) is 5.92 Å². The molecule has 5 nitrogen and oxygen atoms in total. The maximum absolute atomic E-state index is 12.1. The minimum Gasteiger partial charge on any atom is -0.481 e. The second kappa shape index (κ2) is 7.03. The molecule has 108 valence electrons. The van der Waals surface area contributed by atoms with E-state index >= 15 is 0 Å². The predicted octanol–water partition coefficient (Wildman–Crippen LogP) is 1.73. The monoisotopic (exact) mass is 276 g/mol. The Labute approximate surface area is 118 Å². The first-order valence-corrected chi connectivity index (χ1v) is 7.03. The fourth-order valence-electron chi connectivity index (χ4n) is 2.59. The van der Waals surface area contributed by atoms with Gasteiger partial charge in [-0.3, -0.25) is 14.6 Å². The molecule has 1 saturated heterocycles. The number of amides is 1. The van der Waals surface area contributed by atoms with Crippen LogP contribution in [-0.2, 0) is 16.0 Å². The zero-order valence-electron chi connectivity index (χ0n) is 11.5. The summed E-state index contributed by atoms with van der Waals surface area (Å²) in [5, 5.41) is 8.76. The predicted molar refractivity (Wildman–Crippen MR) is 74.1 cm³/mol. The molecule has 1 aliphatic rings. The van der Waals surface area contributed by atoms with E-state index in [-0.39, 0.29) is 18.2 Å². The third kappa shape index (κ3) is 4.33. The molecule has 0 aromatic carbocycles. The number of hydrogen-bond acceptors (Lipinski definition) is 3. The number of nitrogens with zero attached hydrogens (tertiary/aromatic N) is 2. The Balaban J connectivity index is 1.73. The molecule has 0 atom stereocenters. The minimum atomic E-state index is -0.744. The number of pyridine rings is 1. The first-order chi connectivity index (χ1) is 9.65. The number of piperidine rings is 1. The fraction of sp³-hybridized carbons (Fsp3) is 0.533. The molecule has 1 amide bonds. The largest absolute Gasteiger partial charge is 0.481 e. The van der Waals surface area contributed by atoms with Crippen LogP contribution in [0, 0.1) is 5.92 Å². The zero-order chi connectivity index (χ0) is 14.4. The van der Waals surface area contributed by atoms with Gasteiger partial charge in [0.15, 0.2) is 0 Å². The molecule has 0 unspecified atom stereocenters. The summed E-state index contributed by atoms with van der Waals surface area (Å²) in [4.78, 5) is 28.6. The number of carboxylic acid groups (broad SMARTS) is 1. The van der Waals surface area contributed by atoms with Gasteiger partial charge in [0.2, 0.25) is 5.91 Å². The smallest absolute Gasteiger partial charge is 0.303 e. The standard InChI is InChI=1S/C15H20N2O3/c18-14(4-3-13-2-1-7-16-11-13)17-8-5-12(6-9-17)10-15(19)20/h1-2,7,11-12H,3-6,8-10H2,(H,19,20). The van der Waals surface area contributed by atoms with Crippen LogP contribution >= 0.6 is 0 Å². The van der Waals surface area contributed by atoms with E-state index in [1.807, 2.05) is 17.0 Å². The molecule has 1 aliphatic heterocycles. The highest BCUT2D eigenvalue weighted by molar-refractivity contribution is 5.76. The van der Waals surface area contributed by atoms with Crippen LogP contribution in [0.1, 0.15) is 31.2 Å². The summed E-state index contributed by atoms with van der Waals surface area (Å²) >= 11 is 0. The second-order valence-corrected chi connectivity index (χ2v) is 5.28. The van der Waals surface area contributed by atoms with Gasteiger partial charge in [-0.2, -0.15) is 0 Å². The Morgan fingerprint density at radius 2 is 2.10 bits per heavy atom. The molecule has 2 rings (SSSR count). The number of carbonyl (C=O) groups is 2. The van der Waals surface area contributed by atoms with Gasteiger partial charge in [-0.25, -0.2) is 0 Å². The van der Waals surface area contributed by atoms with Gasteiger partial charge < -0.3 is 10.0 Å². The van der Waals surface area contributed by atoms with Gasteiger partial charge in [-0.05, 0) is 36.8 Å². The van der Waals surface area contributed by atoms with E-state index in [1.165, 1.54) is 0 Å². The average molecular weight is 276 g/mol. The first kappa shape index (κ1) is 14.5. The molecule has 20 heavy (non-hydrogen) atoms. The van der Waals surface area contributed by atoms with Crippen molar-refractivity contribution in [2.45, 2.75) is 32.1 Å². The third-order valence-corrected chi connectivity index (χ3v) is 3.78. The Morgan fingerprint density at radius 3 is 2.70 bits per heavy atom. The van der Waals surface area contributed by atoms with E-state index in [9.17, 15) is 9.59 Å². The molecular weight excluding hydrogens is 256 g/mol. The van der Waals surface area contributed by atoms with Crippen LogP contribution in [0.3, 0.4) is 0 Å². The van der Waals surface area contributed by atoms with E-state index in [0.717, 1.165) is 18.4 Å². The van der Waals surface area contributed by atoms with Gasteiger partial charge in [-0.15, -0.1) is 0 Å². The highest BCUT2D eigenvalue weighted by atomic mass is 16.4. The molecule has 0 aliphatic carbocycles. The van der Waals surface area contributed by atoms with Crippen molar-refractivity contribution in [3.8, 4) is 0 Å². The summed E-state index contributed by atoms with van der Waals surface area (Å²) in [5.41, 5.74) is 1.07. The van der Waals surface area contributed by atoms with Crippen molar-refractivity contribution in [2.75, 3.05) is 13.1 Å². The molecule has 1 aromatic heterocycles. The van der Waals surface area contributed by atoms with E-state index in [1.54, 1.807) is 12.4 Å². The summed E-state index contributed by atoms with van der Waals surface area (Å²) in [6.45, 7) is 1.37. The Morgan fingerprint density at radius 1 is 1.35 bits per heavy atom. The van der Waals surface area contributed by atoms with Crippen LogP contribution in [0.5, 0.6) is 0 Å². The van der Waals surface area contributed by atoms with Gasteiger partial charge in [0, 0.05) is 38.3 Å². The van der Waals surface area contributed by atoms with Gasteiger partial charge >= 0.3 is 5.97 Å². The second-order valence-electron chi connectivity index (χ2n) is 5.28. The third-order valence-electron chi connectivity index (χ3n) is 3.78. The number of hydrogen-bond donors (Lipinski definition) is 1. The van der Waals surface area contributed by atoms with Crippen LogP contribution in [0.25, 0.3) is 0 Å². The van der Waals surface area contributed by atoms with Crippen LogP contribution < -0.4 is 0 Å². The zero-order valence-corrected chi connectivity index (χ0v) is 11.5. The molecular formula is C15H20N2O3. The maximum atomic E-state index is 12.1. The number of aromatic nitrogens is 1. The molecule has 0 saturated carbocycles. The van der Waals surface area contributed by atoms with E-state index < -0.39 is 5.97 Å². The number of aryl methyl sites for hydroxylation is 1. The van der Waals surface area contributed by atoms with Crippen molar-refractivity contribution >= 4 is 11.9 Å². The van der Waals surface area contributed by atoms with Crippen molar-refractivity contribution < 1.29 is 14.7 Å². The highest BCUT2D eigenvalue weighted by Crippen LogP contribution is 2.21. The Hall–Kier alpha value is -1.91. The Bertz CT molecular complexity index is 453. The van der Waals surface area contributed by atoms with Gasteiger partial charge in [-0.1, -0.05) is 6.07 Å². The van der Waals surface area contributed by atoms with Crippen LogP contribution in [0.2, 0.25) is 0 Å². The number of rotatable bonds is 5. The molecule has 0 bridgehead atoms. The van der Waals surface area contributed by atoms with Crippen molar-refractivity contribution in [1.29, 1.82) is 0 Å². The quantitative estimate of drug-likeness (QED) is 0.889. The maximum Gasteiger partial charge on any atom is 0.303 e. The molecule has 1 fully saturated rings. The summed E-state index contributed by atoms with van der Waals surface area (Å²) < 4.78 is 0. The molecule has 0 spiro atoms. The number of aliphatic carboxylic acids is 1. The highest BCUT2D eigenvalue weighted by Gasteiger charge is 2.23. The molecule has 2 heterocycles. The van der Waals surface area contributed by atoms with Crippen LogP contribution in [0.15, 0.2) is 24.5 Å². The Kier molecular flexibility index (Phi) is 5.09.